The van der Waals surface area contributed by atoms with E-state index in [0.29, 0.717) is 12.6 Å². The molecule has 1 saturated heterocycles. The SMILES string of the molecule is CCOc1ccc(C(=O)N2CCCCC2C)cc1. The van der Waals surface area contributed by atoms with Gasteiger partial charge in [-0.25, -0.2) is 0 Å². The number of hydrogen-bond donors (Lipinski definition) is 0. The molecule has 3 nitrogen and oxygen atoms in total. The van der Waals surface area contributed by atoms with E-state index in [2.05, 4.69) is 6.92 Å². The highest BCUT2D eigenvalue weighted by atomic mass is 16.5. The van der Waals surface area contributed by atoms with Crippen molar-refractivity contribution in [2.75, 3.05) is 13.2 Å². The van der Waals surface area contributed by atoms with E-state index < -0.39 is 0 Å². The minimum absolute atomic E-state index is 0.144. The number of carbonyl (C=O) groups is 1. The number of hydrogen-bond acceptors (Lipinski definition) is 2. The summed E-state index contributed by atoms with van der Waals surface area (Å²) in [6.07, 6.45) is 3.46. The lowest BCUT2D eigenvalue weighted by molar-refractivity contribution is 0.0635. The Bertz CT molecular complexity index is 399. The van der Waals surface area contributed by atoms with Gasteiger partial charge in [-0.05, 0) is 57.4 Å². The summed E-state index contributed by atoms with van der Waals surface area (Å²) in [5.74, 6) is 0.964. The van der Waals surface area contributed by atoms with Crippen molar-refractivity contribution in [3.8, 4) is 5.75 Å². The highest BCUT2D eigenvalue weighted by molar-refractivity contribution is 5.94. The van der Waals surface area contributed by atoms with Gasteiger partial charge >= 0.3 is 0 Å². The highest BCUT2D eigenvalue weighted by Gasteiger charge is 2.23. The van der Waals surface area contributed by atoms with Gasteiger partial charge in [-0.1, -0.05) is 0 Å². The van der Waals surface area contributed by atoms with Crippen molar-refractivity contribution in [2.45, 2.75) is 39.2 Å². The molecule has 0 aliphatic carbocycles. The molecule has 1 heterocycles. The van der Waals surface area contributed by atoms with Gasteiger partial charge in [-0.2, -0.15) is 0 Å². The number of amides is 1. The topological polar surface area (TPSA) is 29.5 Å². The van der Waals surface area contributed by atoms with Crippen molar-refractivity contribution >= 4 is 5.91 Å². The fourth-order valence-corrected chi connectivity index (χ4v) is 2.43. The van der Waals surface area contributed by atoms with Crippen LogP contribution in [0.2, 0.25) is 0 Å². The third-order valence-corrected chi connectivity index (χ3v) is 3.48. The third-order valence-electron chi connectivity index (χ3n) is 3.48. The molecule has 0 aromatic heterocycles. The maximum absolute atomic E-state index is 12.4. The summed E-state index contributed by atoms with van der Waals surface area (Å²) in [5, 5.41) is 0. The molecule has 0 bridgehead atoms. The first kappa shape index (κ1) is 12.9. The first-order valence-electron chi connectivity index (χ1n) is 6.76. The minimum atomic E-state index is 0.144. The first-order valence-corrected chi connectivity index (χ1v) is 6.76. The summed E-state index contributed by atoms with van der Waals surface area (Å²) >= 11 is 0. The monoisotopic (exact) mass is 247 g/mol. The van der Waals surface area contributed by atoms with Crippen LogP contribution in [0, 0.1) is 0 Å². The van der Waals surface area contributed by atoms with Gasteiger partial charge in [-0.15, -0.1) is 0 Å². The van der Waals surface area contributed by atoms with E-state index in [9.17, 15) is 4.79 Å². The smallest absolute Gasteiger partial charge is 0.254 e. The normalized spacial score (nSPS) is 19.7. The number of nitrogens with zero attached hydrogens (tertiary/aromatic N) is 1. The molecule has 1 aliphatic heterocycles. The van der Waals surface area contributed by atoms with Gasteiger partial charge in [0.1, 0.15) is 5.75 Å². The predicted octanol–water partition coefficient (Wildman–Crippen LogP) is 3.10. The quantitative estimate of drug-likeness (QED) is 0.821. The molecule has 0 radical (unpaired) electrons. The van der Waals surface area contributed by atoms with Gasteiger partial charge in [0.25, 0.3) is 5.91 Å². The minimum Gasteiger partial charge on any atom is -0.494 e. The largest absolute Gasteiger partial charge is 0.494 e. The molecule has 1 aliphatic rings. The van der Waals surface area contributed by atoms with Crippen molar-refractivity contribution in [1.29, 1.82) is 0 Å². The second kappa shape index (κ2) is 5.89. The number of rotatable bonds is 3. The van der Waals surface area contributed by atoms with Crippen LogP contribution >= 0.6 is 0 Å². The molecular weight excluding hydrogens is 226 g/mol. The van der Waals surface area contributed by atoms with Gasteiger partial charge in [0.15, 0.2) is 0 Å². The Hall–Kier alpha value is -1.51. The summed E-state index contributed by atoms with van der Waals surface area (Å²) in [6.45, 7) is 5.61. The zero-order chi connectivity index (χ0) is 13.0. The Labute approximate surface area is 109 Å². The second-order valence-electron chi connectivity index (χ2n) is 4.80. The summed E-state index contributed by atoms with van der Waals surface area (Å²) in [5.41, 5.74) is 0.757. The fraction of sp³-hybridized carbons (Fsp3) is 0.533. The van der Waals surface area contributed by atoms with Crippen molar-refractivity contribution in [3.05, 3.63) is 29.8 Å². The zero-order valence-corrected chi connectivity index (χ0v) is 11.2. The van der Waals surface area contributed by atoms with E-state index in [1.54, 1.807) is 0 Å². The number of piperidine rings is 1. The first-order chi connectivity index (χ1) is 8.72. The van der Waals surface area contributed by atoms with Gasteiger partial charge in [0, 0.05) is 18.2 Å². The molecule has 1 amide bonds. The molecule has 0 saturated carbocycles. The van der Waals surface area contributed by atoms with E-state index in [-0.39, 0.29) is 5.91 Å². The summed E-state index contributed by atoms with van der Waals surface area (Å²) in [4.78, 5) is 14.3. The molecule has 18 heavy (non-hydrogen) atoms. The zero-order valence-electron chi connectivity index (χ0n) is 11.2. The number of likely N-dealkylation sites (tertiary alicyclic amines) is 1. The molecule has 1 fully saturated rings. The van der Waals surface area contributed by atoms with Crippen LogP contribution in [-0.4, -0.2) is 30.0 Å². The number of benzene rings is 1. The number of ether oxygens (including phenoxy) is 1. The Morgan fingerprint density at radius 3 is 2.67 bits per heavy atom. The average Bonchev–Trinajstić information content (AvgIpc) is 2.40. The maximum Gasteiger partial charge on any atom is 0.254 e. The lowest BCUT2D eigenvalue weighted by Crippen LogP contribution is -2.41. The fourth-order valence-electron chi connectivity index (χ4n) is 2.43. The van der Waals surface area contributed by atoms with Gasteiger partial charge in [-0.3, -0.25) is 4.79 Å². The van der Waals surface area contributed by atoms with Crippen LogP contribution in [0.25, 0.3) is 0 Å². The predicted molar refractivity (Wildman–Crippen MR) is 72.0 cm³/mol. The van der Waals surface area contributed by atoms with Crippen molar-refractivity contribution in [3.63, 3.8) is 0 Å². The van der Waals surface area contributed by atoms with Crippen molar-refractivity contribution < 1.29 is 9.53 Å². The van der Waals surface area contributed by atoms with Crippen LogP contribution in [0.4, 0.5) is 0 Å². The van der Waals surface area contributed by atoms with Crippen LogP contribution in [0.3, 0.4) is 0 Å². The molecule has 2 rings (SSSR count). The molecule has 0 spiro atoms. The summed E-state index contributed by atoms with van der Waals surface area (Å²) in [7, 11) is 0. The summed E-state index contributed by atoms with van der Waals surface area (Å²) in [6, 6.07) is 7.80. The lowest BCUT2D eigenvalue weighted by Gasteiger charge is -2.33. The molecule has 0 N–H and O–H groups in total. The van der Waals surface area contributed by atoms with Gasteiger partial charge < -0.3 is 9.64 Å². The lowest BCUT2D eigenvalue weighted by atomic mass is 10.0. The van der Waals surface area contributed by atoms with E-state index in [1.165, 1.54) is 6.42 Å². The van der Waals surface area contributed by atoms with E-state index in [1.807, 2.05) is 36.1 Å². The van der Waals surface area contributed by atoms with Crippen LogP contribution in [0.1, 0.15) is 43.5 Å². The highest BCUT2D eigenvalue weighted by Crippen LogP contribution is 2.20. The van der Waals surface area contributed by atoms with Crippen LogP contribution < -0.4 is 4.74 Å². The molecule has 98 valence electrons. The molecule has 1 aromatic carbocycles. The van der Waals surface area contributed by atoms with Gasteiger partial charge in [0.2, 0.25) is 0 Å². The van der Waals surface area contributed by atoms with Crippen molar-refractivity contribution in [1.82, 2.24) is 4.90 Å². The third kappa shape index (κ3) is 2.84. The Kier molecular flexibility index (Phi) is 4.24. The Morgan fingerprint density at radius 2 is 2.06 bits per heavy atom. The second-order valence-corrected chi connectivity index (χ2v) is 4.80. The summed E-state index contributed by atoms with van der Waals surface area (Å²) < 4.78 is 5.38. The Balaban J connectivity index is 2.08. The molecule has 1 atom stereocenters. The maximum atomic E-state index is 12.4. The van der Waals surface area contributed by atoms with E-state index >= 15 is 0 Å². The van der Waals surface area contributed by atoms with E-state index in [0.717, 1.165) is 30.7 Å². The van der Waals surface area contributed by atoms with Crippen LogP contribution in [0.5, 0.6) is 5.75 Å². The average molecular weight is 247 g/mol. The number of carbonyl (C=O) groups excluding carboxylic acids is 1. The standard InChI is InChI=1S/C15H21NO2/c1-3-18-14-9-7-13(8-10-14)15(17)16-11-5-4-6-12(16)2/h7-10,12H,3-6,11H2,1-2H3. The molecular formula is C15H21NO2. The van der Waals surface area contributed by atoms with Gasteiger partial charge in [0.05, 0.1) is 6.61 Å². The van der Waals surface area contributed by atoms with Crippen LogP contribution in [-0.2, 0) is 0 Å². The van der Waals surface area contributed by atoms with E-state index in [4.69, 9.17) is 4.74 Å². The van der Waals surface area contributed by atoms with Crippen molar-refractivity contribution in [2.24, 2.45) is 0 Å². The Morgan fingerprint density at radius 1 is 1.33 bits per heavy atom. The molecule has 1 aromatic rings. The molecule has 1 unspecified atom stereocenters. The van der Waals surface area contributed by atoms with Crippen LogP contribution in [0.15, 0.2) is 24.3 Å². The molecule has 3 heteroatoms.